The number of rotatable bonds is 3. The summed E-state index contributed by atoms with van der Waals surface area (Å²) in [7, 11) is 0. The van der Waals surface area contributed by atoms with Crippen molar-refractivity contribution in [1.29, 1.82) is 0 Å². The smallest absolute Gasteiger partial charge is 0.244 e. The summed E-state index contributed by atoms with van der Waals surface area (Å²) in [4.78, 5) is 21.2. The van der Waals surface area contributed by atoms with Crippen LogP contribution in [0.15, 0.2) is 29.6 Å². The van der Waals surface area contributed by atoms with Crippen molar-refractivity contribution in [3.8, 4) is 0 Å². The molecule has 1 atom stereocenters. The number of hydrogen-bond donors (Lipinski definition) is 1. The van der Waals surface area contributed by atoms with E-state index >= 15 is 0 Å². The first-order valence-corrected chi connectivity index (χ1v) is 8.70. The molecule has 2 N–H and O–H groups in total. The van der Waals surface area contributed by atoms with E-state index in [0.717, 1.165) is 29.5 Å². The van der Waals surface area contributed by atoms with E-state index in [1.54, 1.807) is 11.3 Å². The monoisotopic (exact) mass is 330 g/mol. The van der Waals surface area contributed by atoms with Crippen molar-refractivity contribution in [2.75, 3.05) is 31.1 Å². The van der Waals surface area contributed by atoms with Crippen molar-refractivity contribution in [3.63, 3.8) is 0 Å². The largest absolute Gasteiger partial charge is 0.345 e. The first-order valence-electron chi connectivity index (χ1n) is 7.82. The minimum Gasteiger partial charge on any atom is -0.345 e. The van der Waals surface area contributed by atoms with E-state index in [0.29, 0.717) is 13.1 Å². The molecule has 1 saturated heterocycles. The molecule has 1 fully saturated rings. The van der Waals surface area contributed by atoms with E-state index in [1.165, 1.54) is 5.56 Å². The third-order valence-electron chi connectivity index (χ3n) is 4.17. The van der Waals surface area contributed by atoms with Gasteiger partial charge in [-0.3, -0.25) is 4.79 Å². The fraction of sp³-hybridized carbons (Fsp3) is 0.412. The quantitative estimate of drug-likeness (QED) is 0.936. The van der Waals surface area contributed by atoms with Crippen LogP contribution in [0.3, 0.4) is 0 Å². The van der Waals surface area contributed by atoms with Crippen LogP contribution >= 0.6 is 11.3 Å². The second-order valence-corrected chi connectivity index (χ2v) is 6.81. The molecule has 0 bridgehead atoms. The number of hydrogen-bond acceptors (Lipinski definition) is 5. The molecule has 23 heavy (non-hydrogen) atoms. The van der Waals surface area contributed by atoms with Gasteiger partial charge < -0.3 is 15.5 Å². The number of carbonyl (C=O) groups excluding carboxylic acids is 1. The van der Waals surface area contributed by atoms with Gasteiger partial charge in [0, 0.05) is 31.6 Å². The molecule has 122 valence electrons. The highest BCUT2D eigenvalue weighted by Gasteiger charge is 2.27. The number of aromatic nitrogens is 1. The molecule has 0 spiro atoms. The molecule has 2 heterocycles. The number of nitrogens with zero attached hydrogens (tertiary/aromatic N) is 3. The van der Waals surface area contributed by atoms with E-state index in [2.05, 4.69) is 15.3 Å². The molecular weight excluding hydrogens is 308 g/mol. The van der Waals surface area contributed by atoms with Gasteiger partial charge in [-0.2, -0.15) is 0 Å². The van der Waals surface area contributed by atoms with Gasteiger partial charge in [-0.15, -0.1) is 11.3 Å². The lowest BCUT2D eigenvalue weighted by atomic mass is 10.0. The van der Waals surface area contributed by atoms with E-state index in [9.17, 15) is 4.79 Å². The number of aryl methyl sites for hydroxylation is 2. The Hall–Kier alpha value is -1.92. The Bertz CT molecular complexity index is 674. The highest BCUT2D eigenvalue weighted by molar-refractivity contribution is 7.13. The summed E-state index contributed by atoms with van der Waals surface area (Å²) >= 11 is 1.66. The average molecular weight is 330 g/mol. The average Bonchev–Trinajstić information content (AvgIpc) is 3.01. The molecule has 1 aliphatic heterocycles. The molecule has 1 unspecified atom stereocenters. The van der Waals surface area contributed by atoms with Crippen molar-refractivity contribution in [3.05, 3.63) is 46.5 Å². The summed E-state index contributed by atoms with van der Waals surface area (Å²) in [6, 6.07) is 7.28. The fourth-order valence-electron chi connectivity index (χ4n) is 2.72. The number of thiazole rings is 1. The Balaban J connectivity index is 1.60. The molecule has 5 nitrogen and oxygen atoms in total. The highest BCUT2D eigenvalue weighted by Crippen LogP contribution is 2.22. The number of anilines is 1. The normalized spacial score (nSPS) is 16.5. The summed E-state index contributed by atoms with van der Waals surface area (Å²) in [6.45, 7) is 7.02. The standard InChI is InChI=1S/C17H22N4OS/c1-12-3-5-14(6-4-12)15(18)16(22)20-7-9-21(10-8-20)17-19-13(2)11-23-17/h3-6,11,15H,7-10,18H2,1-2H3. The van der Waals surface area contributed by atoms with Crippen LogP contribution < -0.4 is 10.6 Å². The van der Waals surface area contributed by atoms with Gasteiger partial charge in [0.05, 0.1) is 5.69 Å². The third-order valence-corrected chi connectivity index (χ3v) is 5.19. The molecule has 1 aromatic heterocycles. The Morgan fingerprint density at radius 2 is 1.83 bits per heavy atom. The minimum absolute atomic E-state index is 0.00354. The highest BCUT2D eigenvalue weighted by atomic mass is 32.1. The lowest BCUT2D eigenvalue weighted by Gasteiger charge is -2.35. The zero-order chi connectivity index (χ0) is 16.4. The second kappa shape index (κ2) is 6.68. The van der Waals surface area contributed by atoms with Gasteiger partial charge >= 0.3 is 0 Å². The summed E-state index contributed by atoms with van der Waals surface area (Å²) < 4.78 is 0. The Morgan fingerprint density at radius 3 is 2.39 bits per heavy atom. The van der Waals surface area contributed by atoms with Gasteiger partial charge in [0.25, 0.3) is 0 Å². The van der Waals surface area contributed by atoms with Crippen LogP contribution in [0, 0.1) is 13.8 Å². The van der Waals surface area contributed by atoms with Crippen LogP contribution in [0.25, 0.3) is 0 Å². The Morgan fingerprint density at radius 1 is 1.17 bits per heavy atom. The van der Waals surface area contributed by atoms with E-state index < -0.39 is 6.04 Å². The maximum Gasteiger partial charge on any atom is 0.244 e. The first-order chi connectivity index (χ1) is 11.0. The maximum atomic E-state index is 12.6. The van der Waals surface area contributed by atoms with Crippen LogP contribution in [0.1, 0.15) is 22.9 Å². The van der Waals surface area contributed by atoms with Crippen LogP contribution in [-0.2, 0) is 4.79 Å². The molecule has 1 aliphatic rings. The van der Waals surface area contributed by atoms with E-state index in [-0.39, 0.29) is 5.91 Å². The van der Waals surface area contributed by atoms with E-state index in [1.807, 2.05) is 43.0 Å². The number of amides is 1. The van der Waals surface area contributed by atoms with Gasteiger partial charge in [-0.25, -0.2) is 4.98 Å². The van der Waals surface area contributed by atoms with Crippen LogP contribution in [0.4, 0.5) is 5.13 Å². The van der Waals surface area contributed by atoms with Gasteiger partial charge in [0.1, 0.15) is 6.04 Å². The van der Waals surface area contributed by atoms with Crippen LogP contribution in [0.5, 0.6) is 0 Å². The molecule has 0 saturated carbocycles. The maximum absolute atomic E-state index is 12.6. The second-order valence-electron chi connectivity index (χ2n) is 5.97. The zero-order valence-corrected chi connectivity index (χ0v) is 14.3. The minimum atomic E-state index is -0.579. The molecule has 0 radical (unpaired) electrons. The predicted octanol–water partition coefficient (Wildman–Crippen LogP) is 2.11. The number of carbonyl (C=O) groups is 1. The summed E-state index contributed by atoms with van der Waals surface area (Å²) in [6.07, 6.45) is 0. The van der Waals surface area contributed by atoms with Crippen LogP contribution in [0.2, 0.25) is 0 Å². The van der Waals surface area contributed by atoms with Gasteiger partial charge in [0.15, 0.2) is 5.13 Å². The molecule has 1 amide bonds. The van der Waals surface area contributed by atoms with E-state index in [4.69, 9.17) is 5.73 Å². The van der Waals surface area contributed by atoms with Gasteiger partial charge in [-0.05, 0) is 19.4 Å². The molecule has 6 heteroatoms. The van der Waals surface area contributed by atoms with Crippen LogP contribution in [-0.4, -0.2) is 42.0 Å². The predicted molar refractivity (Wildman–Crippen MR) is 93.8 cm³/mol. The lowest BCUT2D eigenvalue weighted by Crippen LogP contribution is -2.51. The number of piperazine rings is 1. The summed E-state index contributed by atoms with van der Waals surface area (Å²) in [5.74, 6) is 0.00354. The first kappa shape index (κ1) is 16.0. The Kier molecular flexibility index (Phi) is 4.63. The fourth-order valence-corrected chi connectivity index (χ4v) is 3.57. The molecule has 2 aromatic rings. The Labute approximate surface area is 140 Å². The van der Waals surface area contributed by atoms with Crippen molar-refractivity contribution >= 4 is 22.4 Å². The SMILES string of the molecule is Cc1ccc(C(N)C(=O)N2CCN(c3nc(C)cs3)CC2)cc1. The molecule has 3 rings (SSSR count). The van der Waals surface area contributed by atoms with Crippen molar-refractivity contribution in [2.24, 2.45) is 5.73 Å². The van der Waals surface area contributed by atoms with Crippen molar-refractivity contribution in [1.82, 2.24) is 9.88 Å². The number of benzene rings is 1. The third kappa shape index (κ3) is 3.54. The topological polar surface area (TPSA) is 62.5 Å². The molecule has 1 aromatic carbocycles. The zero-order valence-electron chi connectivity index (χ0n) is 13.5. The molecular formula is C17H22N4OS. The summed E-state index contributed by atoms with van der Waals surface area (Å²) in [5.41, 5.74) is 9.24. The van der Waals surface area contributed by atoms with Gasteiger partial charge in [0.2, 0.25) is 5.91 Å². The molecule has 0 aliphatic carbocycles. The lowest BCUT2D eigenvalue weighted by molar-refractivity contribution is -0.133. The van der Waals surface area contributed by atoms with Gasteiger partial charge in [-0.1, -0.05) is 29.8 Å². The summed E-state index contributed by atoms with van der Waals surface area (Å²) in [5, 5.41) is 3.10. The van der Waals surface area contributed by atoms with Crippen molar-refractivity contribution < 1.29 is 4.79 Å². The number of nitrogens with two attached hydrogens (primary N) is 1. The van der Waals surface area contributed by atoms with Crippen molar-refractivity contribution in [2.45, 2.75) is 19.9 Å².